The van der Waals surface area contributed by atoms with Gasteiger partial charge < -0.3 is 10.6 Å². The molecule has 0 saturated carbocycles. The van der Waals surface area contributed by atoms with E-state index in [-0.39, 0.29) is 12.5 Å². The molecule has 9 nitrogen and oxygen atoms in total. The van der Waals surface area contributed by atoms with Crippen molar-refractivity contribution in [2.24, 2.45) is 0 Å². The zero-order chi connectivity index (χ0) is 16.4. The molecule has 0 bridgehead atoms. The quantitative estimate of drug-likeness (QED) is 0.717. The molecule has 0 aliphatic carbocycles. The number of nitrogen functional groups attached to an aromatic ring is 1. The summed E-state index contributed by atoms with van der Waals surface area (Å²) in [4.78, 5) is 15.6. The Hall–Kier alpha value is -2.62. The number of benzene rings is 1. The minimum absolute atomic E-state index is 0.159. The summed E-state index contributed by atoms with van der Waals surface area (Å²) in [6.07, 6.45) is 0. The highest BCUT2D eigenvalue weighted by molar-refractivity contribution is 9.10. The standard InChI is InChI=1S/C13H14BrN9/c1-22(2)13-17-10(16-12(15)18-13)7-23-20-11(19-21-23)8-3-5-9(14)6-4-8/h3-6H,7H2,1-2H3,(H2,15,16,17,18). The monoisotopic (exact) mass is 375 g/mol. The number of aromatic nitrogens is 7. The third-order valence-electron chi connectivity index (χ3n) is 2.93. The molecule has 1 aromatic carbocycles. The van der Waals surface area contributed by atoms with E-state index in [9.17, 15) is 0 Å². The summed E-state index contributed by atoms with van der Waals surface area (Å²) in [7, 11) is 3.66. The number of nitrogens with zero attached hydrogens (tertiary/aromatic N) is 8. The van der Waals surface area contributed by atoms with E-state index in [0.717, 1.165) is 10.0 Å². The fraction of sp³-hybridized carbons (Fsp3) is 0.231. The van der Waals surface area contributed by atoms with Crippen LogP contribution in [-0.4, -0.2) is 49.3 Å². The molecule has 23 heavy (non-hydrogen) atoms. The first kappa shape index (κ1) is 15.3. The Morgan fingerprint density at radius 1 is 1.13 bits per heavy atom. The second-order valence-electron chi connectivity index (χ2n) is 4.95. The molecule has 0 aliphatic heterocycles. The molecule has 2 N–H and O–H groups in total. The maximum absolute atomic E-state index is 5.70. The van der Waals surface area contributed by atoms with E-state index in [4.69, 9.17) is 5.73 Å². The second kappa shape index (κ2) is 6.24. The van der Waals surface area contributed by atoms with Crippen molar-refractivity contribution in [3.63, 3.8) is 0 Å². The van der Waals surface area contributed by atoms with Crippen LogP contribution >= 0.6 is 15.9 Å². The van der Waals surface area contributed by atoms with Gasteiger partial charge in [-0.25, -0.2) is 0 Å². The first-order valence-electron chi connectivity index (χ1n) is 6.73. The topological polar surface area (TPSA) is 112 Å². The Kier molecular flexibility index (Phi) is 4.15. The van der Waals surface area contributed by atoms with Crippen LogP contribution in [0.4, 0.5) is 11.9 Å². The van der Waals surface area contributed by atoms with Gasteiger partial charge in [0.25, 0.3) is 0 Å². The summed E-state index contributed by atoms with van der Waals surface area (Å²) in [6.45, 7) is 0.261. The zero-order valence-corrected chi connectivity index (χ0v) is 14.1. The number of hydrogen-bond donors (Lipinski definition) is 1. The Morgan fingerprint density at radius 3 is 2.57 bits per heavy atom. The number of hydrogen-bond acceptors (Lipinski definition) is 8. The summed E-state index contributed by atoms with van der Waals surface area (Å²) in [5, 5.41) is 12.4. The van der Waals surface area contributed by atoms with Crippen LogP contribution in [0.25, 0.3) is 11.4 Å². The molecule has 2 heterocycles. The van der Waals surface area contributed by atoms with Crippen molar-refractivity contribution < 1.29 is 0 Å². The van der Waals surface area contributed by atoms with Gasteiger partial charge in [0.1, 0.15) is 6.54 Å². The lowest BCUT2D eigenvalue weighted by Crippen LogP contribution is -2.17. The molecular weight excluding hydrogens is 362 g/mol. The van der Waals surface area contributed by atoms with Crippen molar-refractivity contribution in [1.29, 1.82) is 0 Å². The number of tetrazole rings is 1. The third-order valence-corrected chi connectivity index (χ3v) is 3.45. The maximum atomic E-state index is 5.70. The van der Waals surface area contributed by atoms with Gasteiger partial charge in [0.2, 0.25) is 17.7 Å². The first-order valence-corrected chi connectivity index (χ1v) is 7.52. The van der Waals surface area contributed by atoms with E-state index in [1.54, 1.807) is 4.90 Å². The molecule has 3 rings (SSSR count). The summed E-state index contributed by atoms with van der Waals surface area (Å²) >= 11 is 3.39. The van der Waals surface area contributed by atoms with E-state index in [1.165, 1.54) is 4.80 Å². The lowest BCUT2D eigenvalue weighted by Gasteiger charge is -2.10. The number of rotatable bonds is 4. The van der Waals surface area contributed by atoms with Crippen molar-refractivity contribution in [3.8, 4) is 11.4 Å². The van der Waals surface area contributed by atoms with Crippen LogP contribution in [0.1, 0.15) is 5.82 Å². The predicted molar refractivity (Wildman–Crippen MR) is 88.6 cm³/mol. The third kappa shape index (κ3) is 3.59. The minimum Gasteiger partial charge on any atom is -0.368 e. The lowest BCUT2D eigenvalue weighted by molar-refractivity contribution is 0.553. The molecule has 0 spiro atoms. The average molecular weight is 376 g/mol. The lowest BCUT2D eigenvalue weighted by atomic mass is 10.2. The molecule has 0 unspecified atom stereocenters. The van der Waals surface area contributed by atoms with Gasteiger partial charge in [0.05, 0.1) is 0 Å². The summed E-state index contributed by atoms with van der Waals surface area (Å²) in [5.74, 6) is 1.65. The Balaban J connectivity index is 1.83. The van der Waals surface area contributed by atoms with Crippen molar-refractivity contribution in [2.45, 2.75) is 6.54 Å². The summed E-state index contributed by atoms with van der Waals surface area (Å²) in [6, 6.07) is 7.67. The number of anilines is 2. The molecular formula is C13H14BrN9. The van der Waals surface area contributed by atoms with Gasteiger partial charge >= 0.3 is 0 Å². The van der Waals surface area contributed by atoms with Gasteiger partial charge in [-0.3, -0.25) is 0 Å². The van der Waals surface area contributed by atoms with Crippen LogP contribution in [0.5, 0.6) is 0 Å². The molecule has 0 radical (unpaired) electrons. The highest BCUT2D eigenvalue weighted by Crippen LogP contribution is 2.17. The van der Waals surface area contributed by atoms with Crippen LogP contribution < -0.4 is 10.6 Å². The van der Waals surface area contributed by atoms with E-state index >= 15 is 0 Å². The fourth-order valence-corrected chi connectivity index (χ4v) is 2.11. The molecule has 0 fully saturated rings. The highest BCUT2D eigenvalue weighted by Gasteiger charge is 2.10. The van der Waals surface area contributed by atoms with Gasteiger partial charge in [-0.05, 0) is 29.5 Å². The van der Waals surface area contributed by atoms with Crippen molar-refractivity contribution in [3.05, 3.63) is 34.6 Å². The van der Waals surface area contributed by atoms with Crippen LogP contribution in [-0.2, 0) is 6.54 Å². The summed E-state index contributed by atoms with van der Waals surface area (Å²) in [5.41, 5.74) is 6.58. The predicted octanol–water partition coefficient (Wildman–Crippen LogP) is 0.984. The SMILES string of the molecule is CN(C)c1nc(N)nc(Cn2nnc(-c3ccc(Br)cc3)n2)n1. The molecule has 118 valence electrons. The van der Waals surface area contributed by atoms with Crippen LogP contribution in [0, 0.1) is 0 Å². The molecule has 10 heteroatoms. The molecule has 0 aliphatic rings. The van der Waals surface area contributed by atoms with E-state index in [0.29, 0.717) is 17.6 Å². The van der Waals surface area contributed by atoms with Gasteiger partial charge in [-0.1, -0.05) is 15.9 Å². The largest absolute Gasteiger partial charge is 0.368 e. The van der Waals surface area contributed by atoms with Crippen LogP contribution in [0.3, 0.4) is 0 Å². The van der Waals surface area contributed by atoms with Crippen molar-refractivity contribution in [2.75, 3.05) is 24.7 Å². The second-order valence-corrected chi connectivity index (χ2v) is 5.87. The zero-order valence-electron chi connectivity index (χ0n) is 12.5. The highest BCUT2D eigenvalue weighted by atomic mass is 79.9. The molecule has 3 aromatic rings. The summed E-state index contributed by atoms with van der Waals surface area (Å²) < 4.78 is 0.991. The molecule has 2 aromatic heterocycles. The first-order chi connectivity index (χ1) is 11.0. The van der Waals surface area contributed by atoms with E-state index in [2.05, 4.69) is 46.3 Å². The van der Waals surface area contributed by atoms with Gasteiger partial charge in [-0.15, -0.1) is 10.2 Å². The molecule has 0 atom stereocenters. The van der Waals surface area contributed by atoms with Crippen LogP contribution in [0.15, 0.2) is 28.7 Å². The Labute approximate surface area is 140 Å². The normalized spacial score (nSPS) is 10.7. The Bertz CT molecular complexity index is 813. The number of nitrogens with two attached hydrogens (primary N) is 1. The minimum atomic E-state index is 0.159. The van der Waals surface area contributed by atoms with E-state index < -0.39 is 0 Å². The average Bonchev–Trinajstić information content (AvgIpc) is 2.95. The van der Waals surface area contributed by atoms with Crippen molar-refractivity contribution >= 4 is 27.8 Å². The number of halogens is 1. The van der Waals surface area contributed by atoms with Gasteiger partial charge in [0, 0.05) is 24.1 Å². The molecule has 0 amide bonds. The van der Waals surface area contributed by atoms with Crippen molar-refractivity contribution in [1.82, 2.24) is 35.2 Å². The Morgan fingerprint density at radius 2 is 1.87 bits per heavy atom. The fourth-order valence-electron chi connectivity index (χ4n) is 1.85. The van der Waals surface area contributed by atoms with Crippen LogP contribution in [0.2, 0.25) is 0 Å². The molecule has 0 saturated heterocycles. The van der Waals surface area contributed by atoms with E-state index in [1.807, 2.05) is 38.4 Å². The van der Waals surface area contributed by atoms with Gasteiger partial charge in [-0.2, -0.15) is 19.7 Å². The smallest absolute Gasteiger partial charge is 0.229 e. The van der Waals surface area contributed by atoms with Gasteiger partial charge in [0.15, 0.2) is 5.82 Å². The maximum Gasteiger partial charge on any atom is 0.229 e.